The Hall–Kier alpha value is -1.17. The monoisotopic (exact) mass is 341 g/mol. The van der Waals surface area contributed by atoms with E-state index in [4.69, 9.17) is 22.1 Å². The van der Waals surface area contributed by atoms with Crippen LogP contribution in [0.4, 0.5) is 0 Å². The van der Waals surface area contributed by atoms with Crippen molar-refractivity contribution in [1.82, 2.24) is 9.97 Å². The van der Waals surface area contributed by atoms with Gasteiger partial charge in [0.15, 0.2) is 0 Å². The normalized spacial score (nSPS) is 12.2. The Bertz CT molecular complexity index is 580. The SMILES string of the molecule is COc1cc(CC(N)c2ccc(Br)c(Cl)c2)ncn1. The highest BCUT2D eigenvalue weighted by molar-refractivity contribution is 9.10. The van der Waals surface area contributed by atoms with Crippen LogP contribution in [0.3, 0.4) is 0 Å². The summed E-state index contributed by atoms with van der Waals surface area (Å²) in [6.45, 7) is 0. The standard InChI is InChI=1S/C13H13BrClN3O/c1-19-13-6-9(17-7-18-13)5-12(16)8-2-3-10(14)11(15)4-8/h2-4,6-7,12H,5,16H2,1H3. The van der Waals surface area contributed by atoms with Crippen LogP contribution in [0.1, 0.15) is 17.3 Å². The summed E-state index contributed by atoms with van der Waals surface area (Å²) in [4.78, 5) is 8.14. The largest absolute Gasteiger partial charge is 0.481 e. The first-order valence-corrected chi connectivity index (χ1v) is 6.82. The molecule has 2 N–H and O–H groups in total. The van der Waals surface area contributed by atoms with E-state index in [9.17, 15) is 0 Å². The maximum atomic E-state index is 6.16. The van der Waals surface area contributed by atoms with Crippen molar-refractivity contribution < 1.29 is 4.74 Å². The van der Waals surface area contributed by atoms with E-state index in [1.54, 1.807) is 13.2 Å². The number of nitrogens with zero attached hydrogens (tertiary/aromatic N) is 2. The van der Waals surface area contributed by atoms with Gasteiger partial charge in [-0.05, 0) is 33.6 Å². The molecule has 0 saturated heterocycles. The molecule has 100 valence electrons. The van der Waals surface area contributed by atoms with Gasteiger partial charge in [0.1, 0.15) is 6.33 Å². The smallest absolute Gasteiger partial charge is 0.216 e. The van der Waals surface area contributed by atoms with Gasteiger partial charge in [-0.25, -0.2) is 9.97 Å². The van der Waals surface area contributed by atoms with Crippen molar-refractivity contribution in [2.75, 3.05) is 7.11 Å². The van der Waals surface area contributed by atoms with Crippen LogP contribution in [-0.2, 0) is 6.42 Å². The molecule has 0 saturated carbocycles. The second-order valence-electron chi connectivity index (χ2n) is 4.04. The van der Waals surface area contributed by atoms with Crippen molar-refractivity contribution >= 4 is 27.5 Å². The lowest BCUT2D eigenvalue weighted by molar-refractivity contribution is 0.395. The summed E-state index contributed by atoms with van der Waals surface area (Å²) in [5.74, 6) is 0.533. The minimum Gasteiger partial charge on any atom is -0.481 e. The Kier molecular flexibility index (Phi) is 4.74. The van der Waals surface area contributed by atoms with Gasteiger partial charge >= 0.3 is 0 Å². The van der Waals surface area contributed by atoms with Crippen LogP contribution in [0, 0.1) is 0 Å². The highest BCUT2D eigenvalue weighted by Gasteiger charge is 2.10. The van der Waals surface area contributed by atoms with Crippen molar-refractivity contribution in [1.29, 1.82) is 0 Å². The maximum Gasteiger partial charge on any atom is 0.216 e. The molecule has 2 aromatic rings. The lowest BCUT2D eigenvalue weighted by atomic mass is 10.0. The zero-order chi connectivity index (χ0) is 13.8. The summed E-state index contributed by atoms with van der Waals surface area (Å²) in [6, 6.07) is 7.29. The maximum absolute atomic E-state index is 6.16. The quantitative estimate of drug-likeness (QED) is 0.927. The van der Waals surface area contributed by atoms with Crippen molar-refractivity contribution in [2.24, 2.45) is 5.73 Å². The summed E-state index contributed by atoms with van der Waals surface area (Å²) in [7, 11) is 1.57. The number of rotatable bonds is 4. The van der Waals surface area contributed by atoms with E-state index < -0.39 is 0 Å². The lowest BCUT2D eigenvalue weighted by Crippen LogP contribution is -2.14. The third kappa shape index (κ3) is 3.65. The number of methoxy groups -OCH3 is 1. The summed E-state index contributed by atoms with van der Waals surface area (Å²) in [5, 5.41) is 0.646. The predicted molar refractivity (Wildman–Crippen MR) is 78.4 cm³/mol. The van der Waals surface area contributed by atoms with Crippen LogP contribution in [0.25, 0.3) is 0 Å². The predicted octanol–water partition coefficient (Wildman–Crippen LogP) is 3.14. The fourth-order valence-corrected chi connectivity index (χ4v) is 2.12. The van der Waals surface area contributed by atoms with E-state index in [1.165, 1.54) is 6.33 Å². The summed E-state index contributed by atoms with van der Waals surface area (Å²) in [6.07, 6.45) is 2.06. The van der Waals surface area contributed by atoms with Gasteiger partial charge in [0.05, 0.1) is 12.1 Å². The van der Waals surface area contributed by atoms with Gasteiger partial charge in [0, 0.05) is 28.7 Å². The van der Waals surface area contributed by atoms with Crippen LogP contribution in [0.5, 0.6) is 5.88 Å². The minimum absolute atomic E-state index is 0.176. The van der Waals surface area contributed by atoms with Crippen molar-refractivity contribution in [3.63, 3.8) is 0 Å². The first-order valence-electron chi connectivity index (χ1n) is 5.65. The average Bonchev–Trinajstić information content (AvgIpc) is 2.42. The number of ether oxygens (including phenoxy) is 1. The zero-order valence-electron chi connectivity index (χ0n) is 10.3. The molecule has 0 aliphatic rings. The molecule has 6 heteroatoms. The summed E-state index contributed by atoms with van der Waals surface area (Å²) in [5.41, 5.74) is 7.96. The number of aromatic nitrogens is 2. The van der Waals surface area contributed by atoms with Crippen LogP contribution >= 0.6 is 27.5 Å². The van der Waals surface area contributed by atoms with Crippen molar-refractivity contribution in [2.45, 2.75) is 12.5 Å². The van der Waals surface area contributed by atoms with Crippen LogP contribution in [0.2, 0.25) is 5.02 Å². The Labute approximate surface area is 125 Å². The summed E-state index contributed by atoms with van der Waals surface area (Å²) >= 11 is 9.41. The highest BCUT2D eigenvalue weighted by atomic mass is 79.9. The number of hydrogen-bond donors (Lipinski definition) is 1. The molecule has 1 aromatic carbocycles. The van der Waals surface area contributed by atoms with Gasteiger partial charge in [-0.3, -0.25) is 0 Å². The number of hydrogen-bond acceptors (Lipinski definition) is 4. The Balaban J connectivity index is 2.15. The molecule has 0 amide bonds. The fraction of sp³-hybridized carbons (Fsp3) is 0.231. The van der Waals surface area contributed by atoms with Crippen LogP contribution in [0.15, 0.2) is 35.1 Å². The van der Waals surface area contributed by atoms with E-state index in [0.717, 1.165) is 15.7 Å². The molecule has 19 heavy (non-hydrogen) atoms. The molecule has 0 radical (unpaired) electrons. The van der Waals surface area contributed by atoms with E-state index in [0.29, 0.717) is 17.3 Å². The second-order valence-corrected chi connectivity index (χ2v) is 5.30. The third-order valence-electron chi connectivity index (χ3n) is 2.71. The van der Waals surface area contributed by atoms with Gasteiger partial charge < -0.3 is 10.5 Å². The molecule has 0 spiro atoms. The topological polar surface area (TPSA) is 61.0 Å². The first-order chi connectivity index (χ1) is 9.10. The Morgan fingerprint density at radius 1 is 1.37 bits per heavy atom. The minimum atomic E-state index is -0.176. The molecule has 0 aliphatic heterocycles. The zero-order valence-corrected chi connectivity index (χ0v) is 12.6. The molecular formula is C13H13BrClN3O. The Morgan fingerprint density at radius 2 is 2.16 bits per heavy atom. The molecule has 0 aliphatic carbocycles. The number of benzene rings is 1. The average molecular weight is 343 g/mol. The Morgan fingerprint density at radius 3 is 2.84 bits per heavy atom. The van der Waals surface area contributed by atoms with Crippen LogP contribution in [-0.4, -0.2) is 17.1 Å². The van der Waals surface area contributed by atoms with E-state index in [2.05, 4.69) is 25.9 Å². The molecular weight excluding hydrogens is 330 g/mol. The van der Waals surface area contributed by atoms with Crippen molar-refractivity contribution in [3.8, 4) is 5.88 Å². The van der Waals surface area contributed by atoms with Gasteiger partial charge in [-0.1, -0.05) is 17.7 Å². The van der Waals surface area contributed by atoms with Crippen LogP contribution < -0.4 is 10.5 Å². The van der Waals surface area contributed by atoms with Crippen molar-refractivity contribution in [3.05, 3.63) is 51.3 Å². The number of halogens is 2. The van der Waals surface area contributed by atoms with Gasteiger partial charge in [-0.15, -0.1) is 0 Å². The molecule has 1 heterocycles. The third-order valence-corrected chi connectivity index (χ3v) is 3.94. The van der Waals surface area contributed by atoms with E-state index in [1.807, 2.05) is 18.2 Å². The highest BCUT2D eigenvalue weighted by Crippen LogP contribution is 2.26. The lowest BCUT2D eigenvalue weighted by Gasteiger charge is -2.12. The molecule has 0 bridgehead atoms. The molecule has 0 fully saturated rings. The van der Waals surface area contributed by atoms with Gasteiger partial charge in [0.2, 0.25) is 5.88 Å². The fourth-order valence-electron chi connectivity index (χ4n) is 1.69. The number of nitrogens with two attached hydrogens (primary N) is 1. The molecule has 2 rings (SSSR count). The molecule has 1 aromatic heterocycles. The molecule has 1 unspecified atom stereocenters. The van der Waals surface area contributed by atoms with Gasteiger partial charge in [-0.2, -0.15) is 0 Å². The summed E-state index contributed by atoms with van der Waals surface area (Å²) < 4.78 is 5.91. The van der Waals surface area contributed by atoms with E-state index >= 15 is 0 Å². The molecule has 4 nitrogen and oxygen atoms in total. The second kappa shape index (κ2) is 6.32. The van der Waals surface area contributed by atoms with Gasteiger partial charge in [0.25, 0.3) is 0 Å². The van der Waals surface area contributed by atoms with E-state index in [-0.39, 0.29) is 6.04 Å². The molecule has 1 atom stereocenters. The first kappa shape index (κ1) is 14.2.